The summed E-state index contributed by atoms with van der Waals surface area (Å²) in [6, 6.07) is 0. The summed E-state index contributed by atoms with van der Waals surface area (Å²) < 4.78 is 3.43. The first-order valence-corrected chi connectivity index (χ1v) is 12.9. The summed E-state index contributed by atoms with van der Waals surface area (Å²) in [4.78, 5) is 5.00. The SMILES string of the molecule is CB1C=[C](C)[Sn]([CH3])([CH3])[C](C)=C1. The van der Waals surface area contributed by atoms with Crippen molar-refractivity contribution >= 4 is 25.1 Å². The molecule has 1 aliphatic rings. The van der Waals surface area contributed by atoms with E-state index >= 15 is 0 Å². The van der Waals surface area contributed by atoms with Crippen molar-refractivity contribution in [3.05, 3.63) is 19.1 Å². The van der Waals surface area contributed by atoms with Gasteiger partial charge in [-0.25, -0.2) is 0 Å². The van der Waals surface area contributed by atoms with Crippen molar-refractivity contribution in [1.29, 1.82) is 0 Å². The molecule has 0 N–H and O–H groups in total. The Bertz CT molecular complexity index is 204. The van der Waals surface area contributed by atoms with Gasteiger partial charge in [-0.2, -0.15) is 0 Å². The Kier molecular flexibility index (Phi) is 2.57. The molecular weight excluding hydrogens is 238 g/mol. The average Bonchev–Trinajstić information content (AvgIpc) is 1.84. The monoisotopic (exact) mass is 256 g/mol. The maximum atomic E-state index is 2.50. The summed E-state index contributed by atoms with van der Waals surface area (Å²) in [5.74, 6) is 4.89. The summed E-state index contributed by atoms with van der Waals surface area (Å²) in [6.45, 7) is 7.60. The molecule has 0 amide bonds. The van der Waals surface area contributed by atoms with Crippen LogP contribution in [0.3, 0.4) is 0 Å². The Morgan fingerprint density at radius 1 is 1.09 bits per heavy atom. The minimum atomic E-state index is -1.84. The molecule has 0 atom stereocenters. The van der Waals surface area contributed by atoms with Crippen molar-refractivity contribution in [3.63, 3.8) is 0 Å². The molecule has 0 aromatic rings. The van der Waals surface area contributed by atoms with E-state index in [-0.39, 0.29) is 0 Å². The Balaban J connectivity index is 3.01. The van der Waals surface area contributed by atoms with Crippen LogP contribution >= 0.6 is 0 Å². The van der Waals surface area contributed by atoms with Crippen LogP contribution in [0, 0.1) is 0 Å². The van der Waals surface area contributed by atoms with Gasteiger partial charge in [-0.15, -0.1) is 0 Å². The van der Waals surface area contributed by atoms with Crippen LogP contribution in [0.1, 0.15) is 13.8 Å². The minimum absolute atomic E-state index is 0.680. The van der Waals surface area contributed by atoms with E-state index in [2.05, 4.69) is 42.5 Å². The van der Waals surface area contributed by atoms with Crippen LogP contribution in [0.2, 0.25) is 16.7 Å². The van der Waals surface area contributed by atoms with Crippen LogP contribution in [0.15, 0.2) is 19.1 Å². The number of allylic oxidation sites excluding steroid dienone is 2. The first-order chi connectivity index (χ1) is 4.94. The van der Waals surface area contributed by atoms with E-state index < -0.39 is 18.4 Å². The third-order valence-electron chi connectivity index (χ3n) is 3.00. The molecule has 0 aliphatic carbocycles. The Morgan fingerprint density at radius 3 is 1.82 bits per heavy atom. The third-order valence-corrected chi connectivity index (χ3v) is 15.2. The first-order valence-electron chi connectivity index (χ1n) is 4.32. The zero-order valence-corrected chi connectivity index (χ0v) is 11.1. The zero-order chi connectivity index (χ0) is 8.65. The van der Waals surface area contributed by atoms with Gasteiger partial charge in [0.2, 0.25) is 0 Å². The predicted octanol–water partition coefficient (Wildman–Crippen LogP) is 2.88. The van der Waals surface area contributed by atoms with E-state index in [9.17, 15) is 0 Å². The molecule has 60 valence electrons. The van der Waals surface area contributed by atoms with Gasteiger partial charge in [-0.05, 0) is 0 Å². The van der Waals surface area contributed by atoms with Crippen molar-refractivity contribution in [2.75, 3.05) is 0 Å². The number of hydrogen-bond donors (Lipinski definition) is 0. The van der Waals surface area contributed by atoms with Crippen molar-refractivity contribution in [2.24, 2.45) is 0 Å². The summed E-state index contributed by atoms with van der Waals surface area (Å²) in [5, 5.41) is 0. The van der Waals surface area contributed by atoms with Gasteiger partial charge in [-0.1, -0.05) is 0 Å². The Hall–Kier alpha value is 0.344. The summed E-state index contributed by atoms with van der Waals surface area (Å²) in [7, 11) is 0. The first kappa shape index (κ1) is 9.43. The number of hydrogen-bond acceptors (Lipinski definition) is 0. The summed E-state index contributed by atoms with van der Waals surface area (Å²) in [6.07, 6.45) is 0. The topological polar surface area (TPSA) is 0 Å². The molecule has 0 aromatic heterocycles. The van der Waals surface area contributed by atoms with Crippen molar-refractivity contribution in [3.8, 4) is 0 Å². The zero-order valence-electron chi connectivity index (χ0n) is 8.23. The van der Waals surface area contributed by atoms with E-state index in [1.165, 1.54) is 0 Å². The van der Waals surface area contributed by atoms with E-state index in [1.54, 1.807) is 7.18 Å². The maximum absolute atomic E-state index is 2.50. The van der Waals surface area contributed by atoms with Gasteiger partial charge in [0.25, 0.3) is 0 Å². The second-order valence-electron chi connectivity index (χ2n) is 4.18. The van der Waals surface area contributed by atoms with Crippen LogP contribution in [0.4, 0.5) is 0 Å². The average molecular weight is 255 g/mol. The molecule has 0 fully saturated rings. The van der Waals surface area contributed by atoms with Gasteiger partial charge < -0.3 is 0 Å². The third kappa shape index (κ3) is 1.74. The summed E-state index contributed by atoms with van der Waals surface area (Å²) in [5.41, 5.74) is 0. The molecule has 1 heterocycles. The van der Waals surface area contributed by atoms with Crippen molar-refractivity contribution < 1.29 is 0 Å². The molecule has 0 bridgehead atoms. The standard InChI is InChI=1S/C7H11B.2CH3.Sn/c1-4-6-8(3)7-5-2;;;/h6-7H,1-3H3;2*1H3;. The Labute approximate surface area is 74.7 Å². The molecule has 1 rings (SSSR count). The predicted molar refractivity (Wildman–Crippen MR) is 56.6 cm³/mol. The molecule has 11 heavy (non-hydrogen) atoms. The normalized spacial score (nSPS) is 22.8. The van der Waals surface area contributed by atoms with Gasteiger partial charge in [0, 0.05) is 0 Å². The molecule has 0 unspecified atom stereocenters. The van der Waals surface area contributed by atoms with E-state index in [0.29, 0.717) is 6.71 Å². The van der Waals surface area contributed by atoms with Gasteiger partial charge in [-0.3, -0.25) is 0 Å². The van der Waals surface area contributed by atoms with Crippen LogP contribution in [0.25, 0.3) is 0 Å². The van der Waals surface area contributed by atoms with Crippen LogP contribution in [-0.2, 0) is 0 Å². The van der Waals surface area contributed by atoms with Crippen LogP contribution in [0.5, 0.6) is 0 Å². The quantitative estimate of drug-likeness (QED) is 0.583. The molecule has 0 saturated carbocycles. The van der Waals surface area contributed by atoms with E-state index in [0.717, 1.165) is 0 Å². The molecule has 0 saturated heterocycles. The van der Waals surface area contributed by atoms with E-state index in [4.69, 9.17) is 0 Å². The van der Waals surface area contributed by atoms with E-state index in [1.807, 2.05) is 0 Å². The van der Waals surface area contributed by atoms with Gasteiger partial charge >= 0.3 is 74.8 Å². The van der Waals surface area contributed by atoms with Crippen LogP contribution < -0.4 is 0 Å². The fourth-order valence-corrected chi connectivity index (χ4v) is 7.22. The van der Waals surface area contributed by atoms with Gasteiger partial charge in [0.05, 0.1) is 0 Å². The molecule has 0 nitrogen and oxygen atoms in total. The molecule has 0 radical (unpaired) electrons. The second-order valence-corrected chi connectivity index (χ2v) is 18.0. The fourth-order valence-electron chi connectivity index (χ4n) is 1.56. The van der Waals surface area contributed by atoms with Crippen LogP contribution in [-0.4, -0.2) is 25.1 Å². The molecule has 1 aliphatic heterocycles. The van der Waals surface area contributed by atoms with Crippen molar-refractivity contribution in [1.82, 2.24) is 0 Å². The van der Waals surface area contributed by atoms with Crippen molar-refractivity contribution in [2.45, 2.75) is 30.5 Å². The number of rotatable bonds is 0. The fraction of sp³-hybridized carbons (Fsp3) is 0.556. The molecule has 2 heteroatoms. The van der Waals surface area contributed by atoms with Gasteiger partial charge in [0.15, 0.2) is 0 Å². The Morgan fingerprint density at radius 2 is 1.45 bits per heavy atom. The van der Waals surface area contributed by atoms with Gasteiger partial charge in [0.1, 0.15) is 0 Å². The molecule has 0 spiro atoms. The molecular formula is C9H17BSn. The second kappa shape index (κ2) is 3.00. The molecule has 0 aromatic carbocycles. The summed E-state index contributed by atoms with van der Waals surface area (Å²) >= 11 is -1.84.